The van der Waals surface area contributed by atoms with Gasteiger partial charge in [-0.1, -0.05) is 6.92 Å². The maximum absolute atomic E-state index is 10.8. The van der Waals surface area contributed by atoms with Crippen molar-refractivity contribution in [1.29, 1.82) is 0 Å². The van der Waals surface area contributed by atoms with Crippen LogP contribution in [0.3, 0.4) is 0 Å². The Morgan fingerprint density at radius 1 is 1.43 bits per heavy atom. The highest BCUT2D eigenvalue weighted by Crippen LogP contribution is 2.19. The van der Waals surface area contributed by atoms with E-state index in [1.165, 1.54) is 4.90 Å². The Balaban J connectivity index is 2.59. The number of hydrogen-bond acceptors (Lipinski definition) is 3. The first-order valence-electron chi connectivity index (χ1n) is 4.40. The van der Waals surface area contributed by atoms with Gasteiger partial charge < -0.3 is 10.4 Å². The van der Waals surface area contributed by atoms with Gasteiger partial charge in [-0.05, 0) is 30.0 Å². The zero-order valence-electron chi connectivity index (χ0n) is 7.99. The van der Waals surface area contributed by atoms with Crippen LogP contribution in [0.25, 0.3) is 0 Å². The van der Waals surface area contributed by atoms with Crippen LogP contribution in [0.15, 0.2) is 29.2 Å². The first kappa shape index (κ1) is 11.1. The summed E-state index contributed by atoms with van der Waals surface area (Å²) in [6, 6.07) is 7.54. The quantitative estimate of drug-likeness (QED) is 0.746. The second kappa shape index (κ2) is 5.67. The van der Waals surface area contributed by atoms with Crippen molar-refractivity contribution in [2.45, 2.75) is 11.8 Å². The second-order valence-corrected chi connectivity index (χ2v) is 4.00. The smallest absolute Gasteiger partial charge is 0.250 e. The lowest BCUT2D eigenvalue weighted by atomic mass is 10.3. The third-order valence-corrected chi connectivity index (χ3v) is 2.49. The number of aliphatic hydroxyl groups excluding tert-OH is 1. The largest absolute Gasteiger partial charge is 0.387 e. The molecule has 0 saturated heterocycles. The molecule has 0 aliphatic rings. The molecular weight excluding hydrogens is 198 g/mol. The summed E-state index contributed by atoms with van der Waals surface area (Å²) in [4.78, 5) is 12.0. The fourth-order valence-corrected chi connectivity index (χ4v) is 1.66. The summed E-state index contributed by atoms with van der Waals surface area (Å²) in [6.45, 7) is 1.61. The molecule has 2 N–H and O–H groups in total. The zero-order chi connectivity index (χ0) is 10.4. The van der Waals surface area contributed by atoms with Crippen molar-refractivity contribution in [2.75, 3.05) is 17.7 Å². The van der Waals surface area contributed by atoms with Crippen molar-refractivity contribution in [1.82, 2.24) is 0 Å². The third-order valence-electron chi connectivity index (χ3n) is 1.59. The lowest BCUT2D eigenvalue weighted by Gasteiger charge is -2.03. The highest BCUT2D eigenvalue weighted by molar-refractivity contribution is 7.99. The van der Waals surface area contributed by atoms with Crippen LogP contribution in [0.5, 0.6) is 0 Å². The SMILES string of the molecule is CCSc1ccc(NC(=O)CO)cc1. The van der Waals surface area contributed by atoms with E-state index in [9.17, 15) is 4.79 Å². The van der Waals surface area contributed by atoms with Gasteiger partial charge in [-0.2, -0.15) is 0 Å². The number of rotatable bonds is 4. The summed E-state index contributed by atoms with van der Waals surface area (Å²) in [5.74, 6) is 0.642. The van der Waals surface area contributed by atoms with Crippen LogP contribution in [0.2, 0.25) is 0 Å². The van der Waals surface area contributed by atoms with E-state index in [1.54, 1.807) is 11.8 Å². The van der Waals surface area contributed by atoms with Gasteiger partial charge >= 0.3 is 0 Å². The topological polar surface area (TPSA) is 49.3 Å². The normalized spacial score (nSPS) is 9.86. The molecule has 0 heterocycles. The molecule has 0 aliphatic carbocycles. The molecule has 0 bridgehead atoms. The second-order valence-electron chi connectivity index (χ2n) is 2.66. The molecule has 1 rings (SSSR count). The van der Waals surface area contributed by atoms with E-state index in [0.29, 0.717) is 5.69 Å². The number of amides is 1. The molecule has 0 aliphatic heterocycles. The van der Waals surface area contributed by atoms with Crippen LogP contribution < -0.4 is 5.32 Å². The maximum atomic E-state index is 10.8. The van der Waals surface area contributed by atoms with E-state index in [-0.39, 0.29) is 5.91 Å². The van der Waals surface area contributed by atoms with Crippen molar-refractivity contribution >= 4 is 23.4 Å². The van der Waals surface area contributed by atoms with Gasteiger partial charge in [0.05, 0.1) is 0 Å². The lowest BCUT2D eigenvalue weighted by Crippen LogP contribution is -2.15. The average molecular weight is 211 g/mol. The Labute approximate surface area is 87.5 Å². The van der Waals surface area contributed by atoms with Crippen LogP contribution in [0, 0.1) is 0 Å². The number of benzene rings is 1. The van der Waals surface area contributed by atoms with E-state index in [2.05, 4.69) is 12.2 Å². The number of aliphatic hydroxyl groups is 1. The first-order chi connectivity index (χ1) is 6.76. The molecule has 0 radical (unpaired) electrons. The Bertz CT molecular complexity index is 297. The summed E-state index contributed by atoms with van der Waals surface area (Å²) in [5, 5.41) is 11.1. The highest BCUT2D eigenvalue weighted by atomic mass is 32.2. The van der Waals surface area contributed by atoms with Crippen LogP contribution in [-0.2, 0) is 4.79 Å². The van der Waals surface area contributed by atoms with Gasteiger partial charge in [-0.25, -0.2) is 0 Å². The maximum Gasteiger partial charge on any atom is 0.250 e. The number of carbonyl (C=O) groups is 1. The van der Waals surface area contributed by atoms with E-state index in [0.717, 1.165) is 5.75 Å². The number of anilines is 1. The molecular formula is C10H13NO2S. The molecule has 76 valence electrons. The fourth-order valence-electron chi connectivity index (χ4n) is 1.00. The molecule has 1 amide bonds. The van der Waals surface area contributed by atoms with Crippen LogP contribution in [0.4, 0.5) is 5.69 Å². The first-order valence-corrected chi connectivity index (χ1v) is 5.38. The minimum absolute atomic E-state index is 0.388. The predicted molar refractivity (Wildman–Crippen MR) is 58.6 cm³/mol. The standard InChI is InChI=1S/C10H13NO2S/c1-2-14-9-5-3-8(4-6-9)11-10(13)7-12/h3-6,12H,2,7H2,1H3,(H,11,13). The van der Waals surface area contributed by atoms with Crippen LogP contribution in [0.1, 0.15) is 6.92 Å². The summed E-state index contributed by atoms with van der Waals surface area (Å²) >= 11 is 1.75. The van der Waals surface area contributed by atoms with E-state index < -0.39 is 6.61 Å². The van der Waals surface area contributed by atoms with Crippen molar-refractivity contribution in [3.05, 3.63) is 24.3 Å². The number of hydrogen-bond donors (Lipinski definition) is 2. The summed E-state index contributed by atoms with van der Waals surface area (Å²) < 4.78 is 0. The monoisotopic (exact) mass is 211 g/mol. The van der Waals surface area contributed by atoms with Crippen molar-refractivity contribution < 1.29 is 9.90 Å². The zero-order valence-corrected chi connectivity index (χ0v) is 8.80. The summed E-state index contributed by atoms with van der Waals surface area (Å²) in [5.41, 5.74) is 0.713. The Morgan fingerprint density at radius 2 is 2.07 bits per heavy atom. The van der Waals surface area contributed by atoms with Gasteiger partial charge in [-0.3, -0.25) is 4.79 Å². The van der Waals surface area contributed by atoms with Crippen LogP contribution in [-0.4, -0.2) is 23.4 Å². The number of carbonyl (C=O) groups excluding carboxylic acids is 1. The fraction of sp³-hybridized carbons (Fsp3) is 0.300. The molecule has 3 nitrogen and oxygen atoms in total. The molecule has 0 unspecified atom stereocenters. The minimum atomic E-state index is -0.481. The molecule has 0 aromatic heterocycles. The van der Waals surface area contributed by atoms with Crippen LogP contribution >= 0.6 is 11.8 Å². The molecule has 0 atom stereocenters. The molecule has 1 aromatic rings. The average Bonchev–Trinajstić information content (AvgIpc) is 2.21. The van der Waals surface area contributed by atoms with Gasteiger partial charge in [0.15, 0.2) is 0 Å². The van der Waals surface area contributed by atoms with E-state index in [4.69, 9.17) is 5.11 Å². The minimum Gasteiger partial charge on any atom is -0.387 e. The summed E-state index contributed by atoms with van der Waals surface area (Å²) in [6.07, 6.45) is 0. The van der Waals surface area contributed by atoms with Gasteiger partial charge in [0, 0.05) is 10.6 Å². The number of thioether (sulfide) groups is 1. The van der Waals surface area contributed by atoms with Gasteiger partial charge in [-0.15, -0.1) is 11.8 Å². The highest BCUT2D eigenvalue weighted by Gasteiger charge is 1.99. The van der Waals surface area contributed by atoms with Gasteiger partial charge in [0.1, 0.15) is 6.61 Å². The van der Waals surface area contributed by atoms with E-state index in [1.807, 2.05) is 24.3 Å². The molecule has 0 saturated carbocycles. The number of nitrogens with one attached hydrogen (secondary N) is 1. The molecule has 1 aromatic carbocycles. The van der Waals surface area contributed by atoms with Crippen molar-refractivity contribution in [3.63, 3.8) is 0 Å². The third kappa shape index (κ3) is 3.40. The molecule has 0 spiro atoms. The molecule has 4 heteroatoms. The van der Waals surface area contributed by atoms with E-state index >= 15 is 0 Å². The Morgan fingerprint density at radius 3 is 2.57 bits per heavy atom. The summed E-state index contributed by atoms with van der Waals surface area (Å²) in [7, 11) is 0. The Kier molecular flexibility index (Phi) is 4.49. The van der Waals surface area contributed by atoms with Crippen molar-refractivity contribution in [3.8, 4) is 0 Å². The Hall–Kier alpha value is -1.00. The lowest BCUT2D eigenvalue weighted by molar-refractivity contribution is -0.118. The van der Waals surface area contributed by atoms with Crippen molar-refractivity contribution in [2.24, 2.45) is 0 Å². The van der Waals surface area contributed by atoms with Gasteiger partial charge in [0.25, 0.3) is 0 Å². The predicted octanol–water partition coefficient (Wildman–Crippen LogP) is 1.73. The molecule has 14 heavy (non-hydrogen) atoms. The molecule has 0 fully saturated rings. The van der Waals surface area contributed by atoms with Gasteiger partial charge in [0.2, 0.25) is 5.91 Å².